The van der Waals surface area contributed by atoms with Gasteiger partial charge in [0.15, 0.2) is 24.4 Å². The Hall–Kier alpha value is -3.89. The van der Waals surface area contributed by atoms with Crippen molar-refractivity contribution in [2.75, 3.05) is 19.5 Å². The summed E-state index contributed by atoms with van der Waals surface area (Å²) in [6, 6.07) is 0. The molecule has 7 atom stereocenters. The third kappa shape index (κ3) is 36.7. The molecule has 0 aromatic heterocycles. The van der Waals surface area contributed by atoms with E-state index in [0.717, 1.165) is 5.75 Å². The standard InChI is InChI=1S/C35H52O12S.6CO.2Co/c1-12-48-20-14-17-28-30(44-23(3)37)31(45-24(4)38)29(43-22(2)36)27(47-28)16-13-15-25(41-11)18-19-26(46-33(40)35(8,9)10)21-42-32(39)34(5,6)7;6*1-2;;/h14,18-20,25-31H,12,16-17,21H2,1-11H3;;;;;;;;/b19-18+,20-14+;;;;;;;;/t25?,26-,27-,28+,29-,30+,31+;;;;;;;;/m0......../s1. The molecule has 1 aliphatic rings. The maximum absolute atomic E-state index is 12.6. The maximum Gasteiger partial charge on any atom is 0 e. The normalized spacial score (nSPS) is 17.7. The fourth-order valence-corrected chi connectivity index (χ4v) is 4.62. The summed E-state index contributed by atoms with van der Waals surface area (Å²) in [6.07, 6.45) is -1.31. The van der Waals surface area contributed by atoms with E-state index in [1.807, 2.05) is 18.4 Å². The molecule has 62 heavy (non-hydrogen) atoms. The molecule has 1 heterocycles. The van der Waals surface area contributed by atoms with E-state index < -0.39 is 83.4 Å². The van der Waals surface area contributed by atoms with E-state index in [2.05, 4.69) is 51.7 Å². The molecule has 0 aliphatic carbocycles. The molecule has 0 amide bonds. The fourth-order valence-electron chi connectivity index (χ4n) is 4.18. The Kier molecular flexibility index (Phi) is 56.7. The summed E-state index contributed by atoms with van der Waals surface area (Å²) in [6.45, 7) is 42.7. The van der Waals surface area contributed by atoms with Crippen LogP contribution in [0.3, 0.4) is 0 Å². The predicted octanol–water partition coefficient (Wildman–Crippen LogP) is 4.49. The number of methoxy groups -OCH3 is 1. The van der Waals surface area contributed by atoms with Gasteiger partial charge < -0.3 is 33.2 Å². The summed E-state index contributed by atoms with van der Waals surface area (Å²) in [5.74, 6) is 3.93. The molecule has 1 rings (SSSR count). The first kappa shape index (κ1) is 75.5. The van der Waals surface area contributed by atoms with E-state index in [0.29, 0.717) is 6.42 Å². The van der Waals surface area contributed by atoms with Crippen LogP contribution in [0.4, 0.5) is 0 Å². The van der Waals surface area contributed by atoms with Crippen LogP contribution in [-0.2, 0) is 119 Å². The van der Waals surface area contributed by atoms with Gasteiger partial charge in [0.2, 0.25) is 0 Å². The van der Waals surface area contributed by atoms with Crippen molar-refractivity contribution in [1.82, 2.24) is 0 Å². The number of ether oxygens (including phenoxy) is 7. The van der Waals surface area contributed by atoms with Gasteiger partial charge in [-0.25, -0.2) is 0 Å². The van der Waals surface area contributed by atoms with Crippen LogP contribution in [0.5, 0.6) is 0 Å². The SMILES string of the molecule is CCS/C=C/C[C@H]1O[C@@H](CC#CC(/C=C/[C@@H](COC(=O)C(C)(C)C)OC(=O)C(C)(C)C)OC)[C@H](OC(C)=O)[C@@H](OC(C)=O)[C@@H]1OC(C)=O.[C-]#[O+].[C-]#[O+].[C-]#[O+].[C-]#[O+].[C-]#[O+].[C-]#[O+].[Co].[Co]. The van der Waals surface area contributed by atoms with E-state index in [1.54, 1.807) is 59.4 Å². The van der Waals surface area contributed by atoms with Crippen molar-refractivity contribution in [1.29, 1.82) is 0 Å². The second-order valence-corrected chi connectivity index (χ2v) is 14.3. The topological polar surface area (TPSA) is 269 Å². The molecular formula is C41H52Co2O18S. The molecule has 0 bridgehead atoms. The number of thioether (sulfide) groups is 1. The zero-order valence-electron chi connectivity index (χ0n) is 36.1. The molecule has 1 unspecified atom stereocenters. The molecule has 0 saturated carbocycles. The van der Waals surface area contributed by atoms with Crippen LogP contribution in [0.2, 0.25) is 0 Å². The first-order valence-corrected chi connectivity index (χ1v) is 18.1. The van der Waals surface area contributed by atoms with E-state index in [9.17, 15) is 24.0 Å². The van der Waals surface area contributed by atoms with Crippen LogP contribution in [-0.4, -0.2) is 92.0 Å². The Morgan fingerprint density at radius 2 is 1.11 bits per heavy atom. The fraction of sp³-hybridized carbons (Fsp3) is 0.585. The van der Waals surface area contributed by atoms with Gasteiger partial charge in [0.05, 0.1) is 10.8 Å². The van der Waals surface area contributed by atoms with Gasteiger partial charge in [-0.15, -0.1) is 11.8 Å². The molecule has 0 aromatic carbocycles. The van der Waals surface area contributed by atoms with Crippen LogP contribution in [0.25, 0.3) is 0 Å². The largest absolute Gasteiger partial charge is 0 e. The van der Waals surface area contributed by atoms with Crippen molar-refractivity contribution in [2.24, 2.45) is 10.8 Å². The van der Waals surface area contributed by atoms with Gasteiger partial charge in [-0.3, -0.25) is 24.0 Å². The number of carbonyl (C=O) groups is 5. The van der Waals surface area contributed by atoms with E-state index in [1.165, 1.54) is 34.0 Å². The first-order valence-electron chi connectivity index (χ1n) is 17.0. The zero-order chi connectivity index (χ0) is 48.7. The molecule has 1 saturated heterocycles. The van der Waals surface area contributed by atoms with Gasteiger partial charge >= 0.3 is 97.7 Å². The van der Waals surface area contributed by atoms with Gasteiger partial charge in [-0.2, -0.15) is 0 Å². The number of hydrogen-bond donors (Lipinski definition) is 0. The van der Waals surface area contributed by atoms with Crippen molar-refractivity contribution in [3.05, 3.63) is 63.5 Å². The first-order chi connectivity index (χ1) is 28.3. The summed E-state index contributed by atoms with van der Waals surface area (Å²) in [7, 11) is 1.44. The minimum Gasteiger partial charge on any atom is 0 e. The third-order valence-corrected chi connectivity index (χ3v) is 7.25. The van der Waals surface area contributed by atoms with Gasteiger partial charge in [0.1, 0.15) is 24.9 Å². The van der Waals surface area contributed by atoms with Crippen LogP contribution >= 0.6 is 11.8 Å². The maximum atomic E-state index is 12.6. The third-order valence-electron chi connectivity index (χ3n) is 6.53. The van der Waals surface area contributed by atoms with Crippen molar-refractivity contribution in [3.8, 4) is 11.8 Å². The molecule has 1 fully saturated rings. The summed E-state index contributed by atoms with van der Waals surface area (Å²) in [5.41, 5.74) is -1.54. The van der Waals surface area contributed by atoms with Gasteiger partial charge in [0, 0.05) is 67.9 Å². The molecule has 0 N–H and O–H groups in total. The molecule has 18 nitrogen and oxygen atoms in total. The minimum atomic E-state index is -1.15. The second kappa shape index (κ2) is 46.6. The molecule has 0 aromatic rings. The summed E-state index contributed by atoms with van der Waals surface area (Å²) < 4.78 is 84.5. The Morgan fingerprint density at radius 1 is 0.694 bits per heavy atom. The number of carbonyl (C=O) groups excluding carboxylic acids is 5. The van der Waals surface area contributed by atoms with Crippen LogP contribution < -0.4 is 0 Å². The molecule has 1 aliphatic heterocycles. The van der Waals surface area contributed by atoms with E-state index >= 15 is 0 Å². The van der Waals surface area contributed by atoms with Crippen molar-refractivity contribution in [2.45, 2.75) is 125 Å². The Morgan fingerprint density at radius 3 is 1.50 bits per heavy atom. The Labute approximate surface area is 389 Å². The quantitative estimate of drug-likeness (QED) is 0.0581. The Bertz CT molecular complexity index is 1460. The number of hydrogen-bond acceptors (Lipinski definition) is 13. The Balaban J connectivity index is -0.000000318. The monoisotopic (exact) mass is 982 g/mol. The van der Waals surface area contributed by atoms with Crippen molar-refractivity contribution >= 4 is 41.6 Å². The number of esters is 5. The van der Waals surface area contributed by atoms with Gasteiger partial charge in [-0.05, 0) is 71.3 Å². The minimum absolute atomic E-state index is 0. The summed E-state index contributed by atoms with van der Waals surface area (Å²) >= 11 is 1.58. The van der Waals surface area contributed by atoms with Crippen molar-refractivity contribution < 1.29 is 119 Å². The van der Waals surface area contributed by atoms with Crippen LogP contribution in [0.1, 0.15) is 82.1 Å². The average Bonchev–Trinajstić information content (AvgIpc) is 3.22. The van der Waals surface area contributed by atoms with Crippen LogP contribution in [0.15, 0.2) is 23.6 Å². The van der Waals surface area contributed by atoms with Gasteiger partial charge in [-0.1, -0.05) is 24.8 Å². The second-order valence-electron chi connectivity index (χ2n) is 13.1. The molecular weight excluding hydrogens is 930 g/mol. The van der Waals surface area contributed by atoms with Crippen molar-refractivity contribution in [3.63, 3.8) is 0 Å². The van der Waals surface area contributed by atoms with E-state index in [-0.39, 0.29) is 46.6 Å². The molecule has 2 radical (unpaired) electrons. The predicted molar refractivity (Wildman–Crippen MR) is 203 cm³/mol. The average molecular weight is 983 g/mol. The molecule has 348 valence electrons. The molecule has 0 spiro atoms. The van der Waals surface area contributed by atoms with Gasteiger partial charge in [0.25, 0.3) is 0 Å². The van der Waals surface area contributed by atoms with E-state index in [4.69, 9.17) is 61.1 Å². The summed E-state index contributed by atoms with van der Waals surface area (Å²) in [5, 5.41) is 1.90. The van der Waals surface area contributed by atoms with Crippen LogP contribution in [0, 0.1) is 62.6 Å². The zero-order valence-corrected chi connectivity index (χ0v) is 39.0. The molecule has 21 heteroatoms. The smallest absolute Gasteiger partial charge is 0 e. The summed E-state index contributed by atoms with van der Waals surface area (Å²) in [4.78, 5) is 61.3. The number of rotatable bonds is 14.